The molecule has 1 N–H and O–H groups in total. The first-order chi connectivity index (χ1) is 10.3. The fourth-order valence-electron chi connectivity index (χ4n) is 2.63. The van der Waals surface area contributed by atoms with E-state index in [1.54, 1.807) is 0 Å². The van der Waals surface area contributed by atoms with Crippen LogP contribution in [0.15, 0.2) is 54.7 Å². The predicted octanol–water partition coefficient (Wildman–Crippen LogP) is 3.44. The monoisotopic (exact) mass is 277 g/mol. The maximum atomic E-state index is 4.75. The standard InChI is InChI=1S/C18H19N3/c1-13-6-5-11-20-18(13)17(19-2)12-15-10-9-14-7-3-4-8-16(14)21-15/h3-11,17,19H,12H2,1-2H3. The molecule has 1 unspecified atom stereocenters. The molecule has 1 atom stereocenters. The second-order valence-electron chi connectivity index (χ2n) is 5.25. The minimum atomic E-state index is 0.180. The molecule has 3 nitrogen and oxygen atoms in total. The van der Waals surface area contributed by atoms with Gasteiger partial charge >= 0.3 is 0 Å². The number of pyridine rings is 2. The Kier molecular flexibility index (Phi) is 3.93. The van der Waals surface area contributed by atoms with Crippen LogP contribution < -0.4 is 5.32 Å². The van der Waals surface area contributed by atoms with Gasteiger partial charge in [-0.1, -0.05) is 30.3 Å². The lowest BCUT2D eigenvalue weighted by Gasteiger charge is -2.17. The van der Waals surface area contributed by atoms with E-state index in [9.17, 15) is 0 Å². The Bertz CT molecular complexity index is 752. The predicted molar refractivity (Wildman–Crippen MR) is 86.2 cm³/mol. The second kappa shape index (κ2) is 6.02. The van der Waals surface area contributed by atoms with Crippen LogP contribution in [-0.4, -0.2) is 17.0 Å². The molecular weight excluding hydrogens is 258 g/mol. The number of nitrogens with zero attached hydrogens (tertiary/aromatic N) is 2. The summed E-state index contributed by atoms with van der Waals surface area (Å²) in [7, 11) is 1.97. The Morgan fingerprint density at radius 1 is 1.05 bits per heavy atom. The molecule has 3 rings (SSSR count). The first-order valence-electron chi connectivity index (χ1n) is 7.21. The van der Waals surface area contributed by atoms with Crippen LogP contribution in [0.25, 0.3) is 10.9 Å². The summed E-state index contributed by atoms with van der Waals surface area (Å²) in [6.07, 6.45) is 2.68. The van der Waals surface area contributed by atoms with Crippen molar-refractivity contribution in [1.82, 2.24) is 15.3 Å². The number of aromatic nitrogens is 2. The van der Waals surface area contributed by atoms with E-state index < -0.39 is 0 Å². The lowest BCUT2D eigenvalue weighted by molar-refractivity contribution is 0.566. The van der Waals surface area contributed by atoms with Crippen molar-refractivity contribution in [2.24, 2.45) is 0 Å². The number of hydrogen-bond acceptors (Lipinski definition) is 3. The number of para-hydroxylation sites is 1. The van der Waals surface area contributed by atoms with Crippen LogP contribution >= 0.6 is 0 Å². The van der Waals surface area contributed by atoms with E-state index in [1.165, 1.54) is 10.9 Å². The van der Waals surface area contributed by atoms with E-state index in [0.29, 0.717) is 0 Å². The maximum absolute atomic E-state index is 4.75. The van der Waals surface area contributed by atoms with Crippen molar-refractivity contribution in [1.29, 1.82) is 0 Å². The third-order valence-corrected chi connectivity index (χ3v) is 3.80. The molecule has 0 aliphatic rings. The first-order valence-corrected chi connectivity index (χ1v) is 7.21. The summed E-state index contributed by atoms with van der Waals surface area (Å²) < 4.78 is 0. The lowest BCUT2D eigenvalue weighted by atomic mass is 10.0. The van der Waals surface area contributed by atoms with Crippen LogP contribution in [0.3, 0.4) is 0 Å². The molecule has 0 fully saturated rings. The van der Waals surface area contributed by atoms with Gasteiger partial charge in [-0.2, -0.15) is 0 Å². The molecule has 0 radical (unpaired) electrons. The Hall–Kier alpha value is -2.26. The molecule has 0 saturated carbocycles. The summed E-state index contributed by atoms with van der Waals surface area (Å²) >= 11 is 0. The van der Waals surface area contributed by atoms with Gasteiger partial charge in [-0.3, -0.25) is 9.97 Å². The summed E-state index contributed by atoms with van der Waals surface area (Å²) in [4.78, 5) is 9.27. The minimum Gasteiger partial charge on any atom is -0.311 e. The molecule has 0 saturated heterocycles. The Balaban J connectivity index is 1.90. The van der Waals surface area contributed by atoms with Crippen LogP contribution in [0.1, 0.15) is 23.0 Å². The van der Waals surface area contributed by atoms with Crippen LogP contribution in [0.4, 0.5) is 0 Å². The van der Waals surface area contributed by atoms with Gasteiger partial charge in [0, 0.05) is 23.7 Å². The number of benzene rings is 1. The van der Waals surface area contributed by atoms with Crippen molar-refractivity contribution in [3.05, 3.63) is 71.7 Å². The fraction of sp³-hybridized carbons (Fsp3) is 0.222. The molecule has 3 aromatic rings. The first kappa shape index (κ1) is 13.7. The van der Waals surface area contributed by atoms with Crippen molar-refractivity contribution in [3.63, 3.8) is 0 Å². The van der Waals surface area contributed by atoms with E-state index in [2.05, 4.69) is 47.6 Å². The SMILES string of the molecule is CNC(Cc1ccc2ccccc2n1)c1ncccc1C. The number of nitrogens with one attached hydrogen (secondary N) is 1. The van der Waals surface area contributed by atoms with Crippen LogP contribution in [0.2, 0.25) is 0 Å². The zero-order valence-electron chi connectivity index (χ0n) is 12.4. The zero-order valence-corrected chi connectivity index (χ0v) is 12.4. The molecule has 0 aliphatic carbocycles. The third-order valence-electron chi connectivity index (χ3n) is 3.80. The van der Waals surface area contributed by atoms with Crippen LogP contribution in [0, 0.1) is 6.92 Å². The summed E-state index contributed by atoms with van der Waals surface area (Å²) in [6, 6.07) is 16.7. The molecule has 2 aromatic heterocycles. The van der Waals surface area contributed by atoms with Gasteiger partial charge in [-0.15, -0.1) is 0 Å². The minimum absolute atomic E-state index is 0.180. The summed E-state index contributed by atoms with van der Waals surface area (Å²) in [6.45, 7) is 2.10. The van der Waals surface area contributed by atoms with Gasteiger partial charge in [0.1, 0.15) is 0 Å². The van der Waals surface area contributed by atoms with E-state index in [4.69, 9.17) is 4.98 Å². The van der Waals surface area contributed by atoms with E-state index in [-0.39, 0.29) is 6.04 Å². The fourth-order valence-corrected chi connectivity index (χ4v) is 2.63. The topological polar surface area (TPSA) is 37.8 Å². The largest absolute Gasteiger partial charge is 0.311 e. The number of likely N-dealkylation sites (N-methyl/N-ethyl adjacent to an activating group) is 1. The van der Waals surface area contributed by atoms with Gasteiger partial charge in [0.25, 0.3) is 0 Å². The second-order valence-corrected chi connectivity index (χ2v) is 5.25. The van der Waals surface area contributed by atoms with E-state index in [1.807, 2.05) is 31.4 Å². The van der Waals surface area contributed by atoms with Crippen LogP contribution in [-0.2, 0) is 6.42 Å². The number of rotatable bonds is 4. The molecule has 3 heteroatoms. The average Bonchev–Trinajstić information content (AvgIpc) is 2.53. The molecule has 2 heterocycles. The Labute approximate surface area is 125 Å². The number of fused-ring (bicyclic) bond motifs is 1. The van der Waals surface area contributed by atoms with Gasteiger partial charge in [0.2, 0.25) is 0 Å². The van der Waals surface area contributed by atoms with Crippen molar-refractivity contribution in [3.8, 4) is 0 Å². The summed E-state index contributed by atoms with van der Waals surface area (Å²) in [5.74, 6) is 0. The van der Waals surface area contributed by atoms with Crippen molar-refractivity contribution in [2.75, 3.05) is 7.05 Å². The molecule has 21 heavy (non-hydrogen) atoms. The highest BCUT2D eigenvalue weighted by molar-refractivity contribution is 5.78. The average molecular weight is 277 g/mol. The van der Waals surface area contributed by atoms with Gasteiger partial charge in [0.05, 0.1) is 17.3 Å². The van der Waals surface area contributed by atoms with Crippen molar-refractivity contribution >= 4 is 10.9 Å². The molecule has 0 amide bonds. The highest BCUT2D eigenvalue weighted by Crippen LogP contribution is 2.20. The van der Waals surface area contributed by atoms with Gasteiger partial charge in [-0.25, -0.2) is 0 Å². The summed E-state index contributed by atoms with van der Waals surface area (Å²) in [5, 5.41) is 4.53. The smallest absolute Gasteiger partial charge is 0.0705 e. The third kappa shape index (κ3) is 2.93. The molecular formula is C18H19N3. The maximum Gasteiger partial charge on any atom is 0.0705 e. The highest BCUT2D eigenvalue weighted by atomic mass is 14.9. The highest BCUT2D eigenvalue weighted by Gasteiger charge is 2.14. The van der Waals surface area contributed by atoms with E-state index >= 15 is 0 Å². The zero-order chi connectivity index (χ0) is 14.7. The number of aryl methyl sites for hydroxylation is 1. The van der Waals surface area contributed by atoms with Gasteiger partial charge in [0.15, 0.2) is 0 Å². The molecule has 0 aliphatic heterocycles. The van der Waals surface area contributed by atoms with Gasteiger partial charge in [-0.05, 0) is 37.7 Å². The van der Waals surface area contributed by atoms with E-state index in [0.717, 1.165) is 23.3 Å². The van der Waals surface area contributed by atoms with Crippen LogP contribution in [0.5, 0.6) is 0 Å². The molecule has 1 aromatic carbocycles. The quantitative estimate of drug-likeness (QED) is 0.794. The normalized spacial score (nSPS) is 12.5. The Morgan fingerprint density at radius 3 is 2.71 bits per heavy atom. The summed E-state index contributed by atoms with van der Waals surface area (Å²) in [5.41, 5.74) is 4.42. The molecule has 0 spiro atoms. The Morgan fingerprint density at radius 2 is 1.90 bits per heavy atom. The van der Waals surface area contributed by atoms with Gasteiger partial charge < -0.3 is 5.32 Å². The van der Waals surface area contributed by atoms with Crippen molar-refractivity contribution in [2.45, 2.75) is 19.4 Å². The molecule has 106 valence electrons. The molecule has 0 bridgehead atoms. The lowest BCUT2D eigenvalue weighted by Crippen LogP contribution is -2.21. The number of hydrogen-bond donors (Lipinski definition) is 1. The van der Waals surface area contributed by atoms with Crippen molar-refractivity contribution < 1.29 is 0 Å².